The van der Waals surface area contributed by atoms with Gasteiger partial charge >= 0.3 is 0 Å². The molecule has 0 aliphatic rings. The van der Waals surface area contributed by atoms with Crippen LogP contribution >= 0.6 is 28.7 Å². The summed E-state index contributed by atoms with van der Waals surface area (Å²) in [7, 11) is 0. The van der Waals surface area contributed by atoms with Crippen molar-refractivity contribution in [3.63, 3.8) is 0 Å². The second-order valence-corrected chi connectivity index (χ2v) is 5.16. The zero-order valence-corrected chi connectivity index (χ0v) is 13.8. The Morgan fingerprint density at radius 1 is 1.14 bits per heavy atom. The Morgan fingerprint density at radius 3 is 2.62 bits per heavy atom. The van der Waals surface area contributed by atoms with E-state index < -0.39 is 0 Å². The van der Waals surface area contributed by atoms with E-state index in [1.54, 1.807) is 18.0 Å². The fourth-order valence-electron chi connectivity index (χ4n) is 1.92. The number of anilines is 1. The summed E-state index contributed by atoms with van der Waals surface area (Å²) >= 11 is 1.65. The Labute approximate surface area is 137 Å². The Hall–Kier alpha value is -1.79. The minimum atomic E-state index is -0.203. The maximum atomic E-state index is 12.1. The van der Waals surface area contributed by atoms with E-state index in [1.807, 2.05) is 59.3 Å². The standard InChI is InChI=1S/C15H13N3OS.BrH/c1-20-12-7-8-14-17-13(10-18(14)9-12)15(19)16-11-5-3-2-4-6-11;/h2-10H,1H3,(H,16,19);1H. The molecule has 4 nitrogen and oxygen atoms in total. The fourth-order valence-corrected chi connectivity index (χ4v) is 2.34. The number of para-hydroxylation sites is 1. The number of pyridine rings is 1. The third-order valence-corrected chi connectivity index (χ3v) is 3.64. The van der Waals surface area contributed by atoms with E-state index in [0.717, 1.165) is 16.2 Å². The Balaban J connectivity index is 0.00000161. The number of hydrogen-bond acceptors (Lipinski definition) is 3. The monoisotopic (exact) mass is 363 g/mol. The van der Waals surface area contributed by atoms with Gasteiger partial charge in [0.15, 0.2) is 0 Å². The van der Waals surface area contributed by atoms with E-state index in [1.165, 1.54) is 0 Å². The van der Waals surface area contributed by atoms with Crippen LogP contribution < -0.4 is 5.32 Å². The van der Waals surface area contributed by atoms with E-state index in [4.69, 9.17) is 0 Å². The smallest absolute Gasteiger partial charge is 0.275 e. The molecular weight excluding hydrogens is 350 g/mol. The molecule has 0 fully saturated rings. The molecule has 0 unspecified atom stereocenters. The van der Waals surface area contributed by atoms with E-state index in [0.29, 0.717) is 5.69 Å². The van der Waals surface area contributed by atoms with Crippen molar-refractivity contribution in [3.8, 4) is 0 Å². The quantitative estimate of drug-likeness (QED) is 0.718. The number of fused-ring (bicyclic) bond motifs is 1. The fraction of sp³-hybridized carbons (Fsp3) is 0.0667. The zero-order chi connectivity index (χ0) is 13.9. The summed E-state index contributed by atoms with van der Waals surface area (Å²) in [4.78, 5) is 17.6. The molecule has 0 bridgehead atoms. The van der Waals surface area contributed by atoms with Crippen molar-refractivity contribution >= 4 is 46.0 Å². The minimum Gasteiger partial charge on any atom is -0.321 e. The van der Waals surface area contributed by atoms with Crippen molar-refractivity contribution in [2.75, 3.05) is 11.6 Å². The number of nitrogens with zero attached hydrogens (tertiary/aromatic N) is 2. The number of rotatable bonds is 3. The molecule has 1 aromatic carbocycles. The molecule has 1 N–H and O–H groups in total. The lowest BCUT2D eigenvalue weighted by molar-refractivity contribution is 0.102. The van der Waals surface area contributed by atoms with Gasteiger partial charge < -0.3 is 9.72 Å². The largest absolute Gasteiger partial charge is 0.321 e. The lowest BCUT2D eigenvalue weighted by Gasteiger charge is -2.01. The summed E-state index contributed by atoms with van der Waals surface area (Å²) in [6.45, 7) is 0. The van der Waals surface area contributed by atoms with Gasteiger partial charge in [-0.2, -0.15) is 0 Å². The number of imidazole rings is 1. The highest BCUT2D eigenvalue weighted by atomic mass is 79.9. The zero-order valence-electron chi connectivity index (χ0n) is 11.3. The average molecular weight is 364 g/mol. The normalized spacial score (nSPS) is 10.1. The van der Waals surface area contributed by atoms with Crippen molar-refractivity contribution in [2.24, 2.45) is 0 Å². The van der Waals surface area contributed by atoms with Gasteiger partial charge in [-0.15, -0.1) is 28.7 Å². The van der Waals surface area contributed by atoms with Crippen molar-refractivity contribution < 1.29 is 4.79 Å². The molecule has 0 spiro atoms. The number of amides is 1. The molecule has 1 amide bonds. The van der Waals surface area contributed by atoms with Crippen LogP contribution in [0.25, 0.3) is 5.65 Å². The summed E-state index contributed by atoms with van der Waals surface area (Å²) in [5.74, 6) is -0.203. The first kappa shape index (κ1) is 15.6. The van der Waals surface area contributed by atoms with E-state index in [9.17, 15) is 4.79 Å². The van der Waals surface area contributed by atoms with Gasteiger partial charge in [0.25, 0.3) is 5.91 Å². The topological polar surface area (TPSA) is 46.4 Å². The summed E-state index contributed by atoms with van der Waals surface area (Å²) in [6, 6.07) is 13.3. The summed E-state index contributed by atoms with van der Waals surface area (Å²) < 4.78 is 1.87. The Morgan fingerprint density at radius 2 is 1.90 bits per heavy atom. The van der Waals surface area contributed by atoms with Crippen LogP contribution in [0, 0.1) is 0 Å². The molecule has 0 radical (unpaired) electrons. The maximum Gasteiger partial charge on any atom is 0.275 e. The van der Waals surface area contributed by atoms with Crippen LogP contribution in [-0.2, 0) is 0 Å². The van der Waals surface area contributed by atoms with Gasteiger partial charge in [0.2, 0.25) is 0 Å². The van der Waals surface area contributed by atoms with Gasteiger partial charge in [-0.25, -0.2) is 4.98 Å². The number of carbonyl (C=O) groups is 1. The van der Waals surface area contributed by atoms with Crippen molar-refractivity contribution in [1.29, 1.82) is 0 Å². The van der Waals surface area contributed by atoms with Crippen LogP contribution in [0.4, 0.5) is 5.69 Å². The molecular formula is C15H14BrN3OS. The second-order valence-electron chi connectivity index (χ2n) is 4.28. The third-order valence-electron chi connectivity index (χ3n) is 2.92. The van der Waals surface area contributed by atoms with Gasteiger partial charge in [0.05, 0.1) is 0 Å². The van der Waals surface area contributed by atoms with Gasteiger partial charge in [-0.1, -0.05) is 18.2 Å². The lowest BCUT2D eigenvalue weighted by atomic mass is 10.3. The Bertz CT molecular complexity index is 758. The van der Waals surface area contributed by atoms with Crippen LogP contribution in [-0.4, -0.2) is 21.5 Å². The summed E-state index contributed by atoms with van der Waals surface area (Å²) in [6.07, 6.45) is 5.72. The summed E-state index contributed by atoms with van der Waals surface area (Å²) in [5.41, 5.74) is 1.94. The number of nitrogens with one attached hydrogen (secondary N) is 1. The average Bonchev–Trinajstić information content (AvgIpc) is 2.91. The van der Waals surface area contributed by atoms with Crippen molar-refractivity contribution in [3.05, 3.63) is 60.6 Å². The predicted molar refractivity (Wildman–Crippen MR) is 91.7 cm³/mol. The first-order chi connectivity index (χ1) is 9.76. The predicted octanol–water partition coefficient (Wildman–Crippen LogP) is 3.89. The van der Waals surface area contributed by atoms with Crippen LogP contribution in [0.3, 0.4) is 0 Å². The molecule has 3 aromatic rings. The molecule has 2 heterocycles. The number of carbonyl (C=O) groups excluding carboxylic acids is 1. The molecule has 0 aliphatic heterocycles. The van der Waals surface area contributed by atoms with E-state index in [2.05, 4.69) is 10.3 Å². The van der Waals surface area contributed by atoms with E-state index >= 15 is 0 Å². The number of hydrogen-bond donors (Lipinski definition) is 1. The van der Waals surface area contributed by atoms with Crippen molar-refractivity contribution in [1.82, 2.24) is 9.38 Å². The molecule has 6 heteroatoms. The molecule has 0 saturated carbocycles. The first-order valence-electron chi connectivity index (χ1n) is 6.15. The highest BCUT2D eigenvalue weighted by Crippen LogP contribution is 2.16. The van der Waals surface area contributed by atoms with Gasteiger partial charge in [0.1, 0.15) is 11.3 Å². The first-order valence-corrected chi connectivity index (χ1v) is 7.38. The van der Waals surface area contributed by atoms with Gasteiger partial charge in [-0.3, -0.25) is 4.79 Å². The number of halogens is 1. The van der Waals surface area contributed by atoms with Crippen LogP contribution in [0.5, 0.6) is 0 Å². The SMILES string of the molecule is Br.CSc1ccc2nc(C(=O)Nc3ccccc3)cn2c1. The molecule has 3 rings (SSSR count). The number of aromatic nitrogens is 2. The lowest BCUT2D eigenvalue weighted by Crippen LogP contribution is -2.11. The molecule has 0 atom stereocenters. The highest BCUT2D eigenvalue weighted by Gasteiger charge is 2.11. The minimum absolute atomic E-state index is 0. The molecule has 0 saturated heterocycles. The van der Waals surface area contributed by atoms with E-state index in [-0.39, 0.29) is 22.9 Å². The van der Waals surface area contributed by atoms with Crippen molar-refractivity contribution in [2.45, 2.75) is 4.90 Å². The molecule has 2 aromatic heterocycles. The van der Waals surface area contributed by atoms with Gasteiger partial charge in [0, 0.05) is 23.0 Å². The number of benzene rings is 1. The van der Waals surface area contributed by atoms with Crippen LogP contribution in [0.1, 0.15) is 10.5 Å². The van der Waals surface area contributed by atoms with Crippen LogP contribution in [0.2, 0.25) is 0 Å². The van der Waals surface area contributed by atoms with Gasteiger partial charge in [-0.05, 0) is 30.5 Å². The number of thioether (sulfide) groups is 1. The molecule has 108 valence electrons. The highest BCUT2D eigenvalue weighted by molar-refractivity contribution is 8.93. The third kappa shape index (κ3) is 3.46. The summed E-state index contributed by atoms with van der Waals surface area (Å²) in [5, 5.41) is 2.83. The Kier molecular flexibility index (Phi) is 5.03. The molecule has 0 aliphatic carbocycles. The molecule has 21 heavy (non-hydrogen) atoms. The maximum absolute atomic E-state index is 12.1. The second kappa shape index (κ2) is 6.78. The van der Waals surface area contributed by atoms with Crippen LogP contribution in [0.15, 0.2) is 59.8 Å².